The van der Waals surface area contributed by atoms with Gasteiger partial charge < -0.3 is 4.90 Å². The van der Waals surface area contributed by atoms with Crippen LogP contribution in [0.25, 0.3) is 6.08 Å². The van der Waals surface area contributed by atoms with Crippen molar-refractivity contribution in [1.29, 1.82) is 0 Å². The molecule has 0 radical (unpaired) electrons. The summed E-state index contributed by atoms with van der Waals surface area (Å²) >= 11 is 0. The average molecular weight is 307 g/mol. The highest BCUT2D eigenvalue weighted by atomic mass is 15.3. The zero-order valence-corrected chi connectivity index (χ0v) is 13.9. The predicted molar refractivity (Wildman–Crippen MR) is 94.4 cm³/mol. The Morgan fingerprint density at radius 2 is 1.91 bits per heavy atom. The third-order valence-electron chi connectivity index (χ3n) is 5.60. The van der Waals surface area contributed by atoms with E-state index in [4.69, 9.17) is 0 Å². The summed E-state index contributed by atoms with van der Waals surface area (Å²) in [4.78, 5) is 2.62. The fraction of sp³-hybridized carbons (Fsp3) is 0.450. The van der Waals surface area contributed by atoms with Crippen LogP contribution < -0.4 is 0 Å². The summed E-state index contributed by atoms with van der Waals surface area (Å²) in [6, 6.07) is 11.0. The topological polar surface area (TPSA) is 21.1 Å². The zero-order valence-electron chi connectivity index (χ0n) is 13.9. The first-order valence-electron chi connectivity index (χ1n) is 8.76. The maximum absolute atomic E-state index is 4.37. The Morgan fingerprint density at radius 3 is 2.70 bits per heavy atom. The largest absolute Gasteiger partial charge is 0.303 e. The molecule has 1 spiro atoms. The van der Waals surface area contributed by atoms with Crippen LogP contribution in [-0.2, 0) is 12.0 Å². The van der Waals surface area contributed by atoms with E-state index in [1.165, 1.54) is 50.2 Å². The van der Waals surface area contributed by atoms with E-state index in [0.29, 0.717) is 5.41 Å². The molecule has 0 unspecified atom stereocenters. The van der Waals surface area contributed by atoms with Crippen molar-refractivity contribution >= 4 is 6.08 Å². The quantitative estimate of drug-likeness (QED) is 0.860. The van der Waals surface area contributed by atoms with Gasteiger partial charge >= 0.3 is 0 Å². The summed E-state index contributed by atoms with van der Waals surface area (Å²) < 4.78 is 2.11. The predicted octanol–water partition coefficient (Wildman–Crippen LogP) is 3.64. The monoisotopic (exact) mass is 307 g/mol. The van der Waals surface area contributed by atoms with Gasteiger partial charge in [-0.2, -0.15) is 5.10 Å². The highest BCUT2D eigenvalue weighted by molar-refractivity contribution is 5.65. The van der Waals surface area contributed by atoms with Gasteiger partial charge in [-0.3, -0.25) is 4.68 Å². The molecule has 0 atom stereocenters. The van der Waals surface area contributed by atoms with Crippen LogP contribution in [0.5, 0.6) is 0 Å². The average Bonchev–Trinajstić information content (AvgIpc) is 3.15. The van der Waals surface area contributed by atoms with Crippen molar-refractivity contribution in [2.24, 2.45) is 0 Å². The number of benzene rings is 1. The van der Waals surface area contributed by atoms with Gasteiger partial charge in [-0.05, 0) is 63.0 Å². The van der Waals surface area contributed by atoms with Gasteiger partial charge in [0.15, 0.2) is 0 Å². The van der Waals surface area contributed by atoms with Crippen molar-refractivity contribution in [1.82, 2.24) is 14.7 Å². The normalized spacial score (nSPS) is 19.3. The Hall–Kier alpha value is -1.87. The van der Waals surface area contributed by atoms with Crippen LogP contribution in [0.1, 0.15) is 36.1 Å². The molecule has 3 nitrogen and oxygen atoms in total. The van der Waals surface area contributed by atoms with Crippen LogP contribution in [0, 0.1) is 6.92 Å². The Balaban J connectivity index is 1.32. The fourth-order valence-corrected chi connectivity index (χ4v) is 4.12. The highest BCUT2D eigenvalue weighted by Gasteiger charge is 2.37. The van der Waals surface area contributed by atoms with E-state index in [0.717, 1.165) is 6.54 Å². The minimum atomic E-state index is 0.311. The lowest BCUT2D eigenvalue weighted by Crippen LogP contribution is -2.41. The molecule has 1 fully saturated rings. The van der Waals surface area contributed by atoms with Gasteiger partial charge in [-0.15, -0.1) is 0 Å². The Kier molecular flexibility index (Phi) is 3.82. The molecule has 1 aromatic carbocycles. The van der Waals surface area contributed by atoms with Crippen molar-refractivity contribution < 1.29 is 0 Å². The van der Waals surface area contributed by atoms with Crippen molar-refractivity contribution in [3.05, 3.63) is 59.4 Å². The lowest BCUT2D eigenvalue weighted by Gasteiger charge is -2.39. The molecule has 1 aliphatic carbocycles. The van der Waals surface area contributed by atoms with E-state index >= 15 is 0 Å². The number of hydrogen-bond acceptors (Lipinski definition) is 2. The minimum Gasteiger partial charge on any atom is -0.303 e. The molecule has 2 heterocycles. The number of piperidine rings is 1. The maximum atomic E-state index is 4.37. The molecule has 4 rings (SSSR count). The molecule has 2 aliphatic rings. The third kappa shape index (κ3) is 2.74. The van der Waals surface area contributed by atoms with E-state index in [9.17, 15) is 0 Å². The number of aryl methyl sites for hydroxylation is 2. The molecule has 23 heavy (non-hydrogen) atoms. The van der Waals surface area contributed by atoms with Gasteiger partial charge in [0, 0.05) is 23.9 Å². The number of allylic oxidation sites excluding steroid dienone is 1. The molecule has 1 saturated heterocycles. The summed E-state index contributed by atoms with van der Waals surface area (Å²) in [5, 5.41) is 4.37. The highest BCUT2D eigenvalue weighted by Crippen LogP contribution is 2.43. The number of nitrogens with zero attached hydrogens (tertiary/aromatic N) is 3. The maximum Gasteiger partial charge on any atom is 0.0492 e. The van der Waals surface area contributed by atoms with Crippen LogP contribution in [-0.4, -0.2) is 34.3 Å². The third-order valence-corrected chi connectivity index (χ3v) is 5.60. The Labute approximate surface area is 138 Å². The van der Waals surface area contributed by atoms with E-state index in [1.807, 2.05) is 6.20 Å². The summed E-state index contributed by atoms with van der Waals surface area (Å²) in [5.74, 6) is 0. The van der Waals surface area contributed by atoms with Crippen LogP contribution in [0.2, 0.25) is 0 Å². The number of likely N-dealkylation sites (tertiary alicyclic amines) is 1. The van der Waals surface area contributed by atoms with Crippen molar-refractivity contribution in [3.8, 4) is 0 Å². The minimum absolute atomic E-state index is 0.311. The SMILES string of the molecule is Cc1ccnn1CCCN1CCC2(C=Cc3ccccc32)CC1. The summed E-state index contributed by atoms with van der Waals surface area (Å²) in [6.45, 7) is 6.75. The van der Waals surface area contributed by atoms with Gasteiger partial charge in [0.05, 0.1) is 0 Å². The molecular weight excluding hydrogens is 282 g/mol. The molecule has 1 aliphatic heterocycles. The first kappa shape index (κ1) is 14.7. The zero-order chi connectivity index (χ0) is 15.7. The molecule has 1 aromatic heterocycles. The van der Waals surface area contributed by atoms with Crippen LogP contribution in [0.15, 0.2) is 42.6 Å². The van der Waals surface area contributed by atoms with Crippen molar-refractivity contribution in [3.63, 3.8) is 0 Å². The summed E-state index contributed by atoms with van der Waals surface area (Å²) in [6.07, 6.45) is 10.4. The first-order valence-corrected chi connectivity index (χ1v) is 8.76. The molecule has 3 heteroatoms. The molecule has 0 bridgehead atoms. The van der Waals surface area contributed by atoms with Crippen LogP contribution in [0.4, 0.5) is 0 Å². The van der Waals surface area contributed by atoms with Crippen LogP contribution in [0.3, 0.4) is 0 Å². The number of fused-ring (bicyclic) bond motifs is 2. The Bertz CT molecular complexity index is 705. The van der Waals surface area contributed by atoms with E-state index < -0.39 is 0 Å². The summed E-state index contributed by atoms with van der Waals surface area (Å²) in [7, 11) is 0. The lowest BCUT2D eigenvalue weighted by molar-refractivity contribution is 0.179. The smallest absolute Gasteiger partial charge is 0.0492 e. The summed E-state index contributed by atoms with van der Waals surface area (Å²) in [5.41, 5.74) is 4.54. The molecule has 2 aromatic rings. The van der Waals surface area contributed by atoms with Crippen molar-refractivity contribution in [2.45, 2.75) is 38.1 Å². The van der Waals surface area contributed by atoms with E-state index in [2.05, 4.69) is 64.1 Å². The molecule has 120 valence electrons. The molecule has 0 N–H and O–H groups in total. The van der Waals surface area contributed by atoms with Gasteiger partial charge in [0.1, 0.15) is 0 Å². The van der Waals surface area contributed by atoms with E-state index in [1.54, 1.807) is 5.56 Å². The lowest BCUT2D eigenvalue weighted by atomic mass is 9.74. The number of hydrogen-bond donors (Lipinski definition) is 0. The number of rotatable bonds is 4. The molecule has 0 saturated carbocycles. The second-order valence-corrected chi connectivity index (χ2v) is 6.97. The van der Waals surface area contributed by atoms with Gasteiger partial charge in [-0.1, -0.05) is 36.4 Å². The van der Waals surface area contributed by atoms with Gasteiger partial charge in [-0.25, -0.2) is 0 Å². The standard InChI is InChI=1S/C20H25N3/c1-17-8-12-21-23(17)14-4-13-22-15-10-20(11-16-22)9-7-18-5-2-3-6-19(18)20/h2-3,5-9,12H,4,10-11,13-16H2,1H3. The van der Waals surface area contributed by atoms with E-state index in [-0.39, 0.29) is 0 Å². The van der Waals surface area contributed by atoms with Crippen molar-refractivity contribution in [2.75, 3.05) is 19.6 Å². The molecular formula is C20H25N3. The first-order chi connectivity index (χ1) is 11.3. The van der Waals surface area contributed by atoms with Crippen LogP contribution >= 0.6 is 0 Å². The fourth-order valence-electron chi connectivity index (χ4n) is 4.12. The second-order valence-electron chi connectivity index (χ2n) is 6.97. The molecule has 0 amide bonds. The van der Waals surface area contributed by atoms with Gasteiger partial charge in [0.25, 0.3) is 0 Å². The number of aromatic nitrogens is 2. The van der Waals surface area contributed by atoms with Gasteiger partial charge in [0.2, 0.25) is 0 Å². The second kappa shape index (κ2) is 5.97. The Morgan fingerprint density at radius 1 is 1.09 bits per heavy atom.